The van der Waals surface area contributed by atoms with Crippen molar-refractivity contribution in [2.24, 2.45) is 0 Å². The molecule has 0 aliphatic carbocycles. The molecule has 0 radical (unpaired) electrons. The second-order valence-electron chi connectivity index (χ2n) is 4.69. The Hall–Kier alpha value is -2.89. The van der Waals surface area contributed by atoms with Gasteiger partial charge in [0.25, 0.3) is 0 Å². The summed E-state index contributed by atoms with van der Waals surface area (Å²) in [6, 6.07) is 13.2. The van der Waals surface area contributed by atoms with Crippen LogP contribution in [0.4, 0.5) is 5.69 Å². The Labute approximate surface area is 122 Å². The number of aryl methyl sites for hydroxylation is 1. The van der Waals surface area contributed by atoms with Gasteiger partial charge in [-0.2, -0.15) is 4.68 Å². The van der Waals surface area contributed by atoms with E-state index in [1.807, 2.05) is 49.4 Å². The van der Waals surface area contributed by atoms with Gasteiger partial charge < -0.3 is 10.5 Å². The zero-order chi connectivity index (χ0) is 14.8. The van der Waals surface area contributed by atoms with E-state index in [9.17, 15) is 0 Å². The monoisotopic (exact) mass is 281 g/mol. The number of anilines is 1. The summed E-state index contributed by atoms with van der Waals surface area (Å²) in [5, 5.41) is 12.0. The van der Waals surface area contributed by atoms with Crippen molar-refractivity contribution in [2.75, 3.05) is 12.8 Å². The smallest absolute Gasteiger partial charge is 0.187 e. The Balaban J connectivity index is 2.10. The molecule has 0 aliphatic heterocycles. The average Bonchev–Trinajstić information content (AvgIpc) is 2.99. The number of rotatable bonds is 3. The Morgan fingerprint density at radius 3 is 2.57 bits per heavy atom. The Kier molecular flexibility index (Phi) is 3.27. The van der Waals surface area contributed by atoms with Crippen molar-refractivity contribution in [3.05, 3.63) is 48.0 Å². The van der Waals surface area contributed by atoms with Crippen LogP contribution in [0.2, 0.25) is 0 Å². The van der Waals surface area contributed by atoms with Crippen LogP contribution in [0.25, 0.3) is 17.1 Å². The van der Waals surface area contributed by atoms with Crippen molar-refractivity contribution >= 4 is 5.69 Å². The van der Waals surface area contributed by atoms with E-state index in [0.717, 1.165) is 22.6 Å². The van der Waals surface area contributed by atoms with Gasteiger partial charge in [-0.3, -0.25) is 0 Å². The predicted molar refractivity (Wildman–Crippen MR) is 80.3 cm³/mol. The van der Waals surface area contributed by atoms with E-state index in [4.69, 9.17) is 10.5 Å². The molecule has 0 saturated heterocycles. The number of nitrogen functional groups attached to an aromatic ring is 1. The number of nitrogens with two attached hydrogens (primary N) is 1. The van der Waals surface area contributed by atoms with E-state index in [0.29, 0.717) is 11.5 Å². The lowest BCUT2D eigenvalue weighted by molar-refractivity contribution is 0.414. The zero-order valence-electron chi connectivity index (χ0n) is 11.8. The fourth-order valence-electron chi connectivity index (χ4n) is 2.13. The van der Waals surface area contributed by atoms with Crippen LogP contribution in [0.1, 0.15) is 5.56 Å². The number of hydrogen-bond acceptors (Lipinski definition) is 5. The molecule has 3 aromatic rings. The summed E-state index contributed by atoms with van der Waals surface area (Å²) in [5.74, 6) is 1.44. The third-order valence-electron chi connectivity index (χ3n) is 3.29. The van der Waals surface area contributed by atoms with Gasteiger partial charge in [0.2, 0.25) is 0 Å². The van der Waals surface area contributed by atoms with E-state index in [1.54, 1.807) is 11.8 Å². The lowest BCUT2D eigenvalue weighted by atomic mass is 10.1. The van der Waals surface area contributed by atoms with Gasteiger partial charge in [0, 0.05) is 11.3 Å². The maximum atomic E-state index is 5.87. The molecule has 6 heteroatoms. The molecule has 3 rings (SSSR count). The van der Waals surface area contributed by atoms with E-state index >= 15 is 0 Å². The van der Waals surface area contributed by atoms with Gasteiger partial charge in [-0.25, -0.2) is 0 Å². The second kappa shape index (κ2) is 5.24. The standard InChI is InChI=1S/C15H15N5O/c1-10-3-4-11(16)9-14(10)15-17-18-19-20(15)12-5-7-13(21-2)8-6-12/h3-9H,16H2,1-2H3. The normalized spacial score (nSPS) is 10.6. The first-order valence-corrected chi connectivity index (χ1v) is 6.48. The highest BCUT2D eigenvalue weighted by atomic mass is 16.5. The van der Waals surface area contributed by atoms with Crippen molar-refractivity contribution in [1.82, 2.24) is 20.2 Å². The van der Waals surface area contributed by atoms with Gasteiger partial charge >= 0.3 is 0 Å². The van der Waals surface area contributed by atoms with E-state index < -0.39 is 0 Å². The number of benzene rings is 2. The fraction of sp³-hybridized carbons (Fsp3) is 0.133. The molecular formula is C15H15N5O. The zero-order valence-corrected chi connectivity index (χ0v) is 11.8. The van der Waals surface area contributed by atoms with Crippen LogP contribution in [0.3, 0.4) is 0 Å². The number of tetrazole rings is 1. The first-order chi connectivity index (χ1) is 10.2. The van der Waals surface area contributed by atoms with E-state index in [2.05, 4.69) is 15.5 Å². The maximum Gasteiger partial charge on any atom is 0.187 e. The van der Waals surface area contributed by atoms with Gasteiger partial charge in [-0.15, -0.1) is 5.10 Å². The molecule has 2 N–H and O–H groups in total. The Bertz CT molecular complexity index is 764. The number of ether oxygens (including phenoxy) is 1. The number of hydrogen-bond donors (Lipinski definition) is 1. The highest BCUT2D eigenvalue weighted by molar-refractivity contribution is 5.66. The number of aromatic nitrogens is 4. The molecule has 2 aromatic carbocycles. The summed E-state index contributed by atoms with van der Waals surface area (Å²) >= 11 is 0. The molecule has 0 spiro atoms. The lowest BCUT2D eigenvalue weighted by Gasteiger charge is -2.08. The van der Waals surface area contributed by atoms with Crippen LogP contribution < -0.4 is 10.5 Å². The van der Waals surface area contributed by atoms with E-state index in [-0.39, 0.29) is 0 Å². The molecule has 0 bridgehead atoms. The van der Waals surface area contributed by atoms with Crippen LogP contribution >= 0.6 is 0 Å². The van der Waals surface area contributed by atoms with Crippen LogP contribution in [0.15, 0.2) is 42.5 Å². The molecule has 0 unspecified atom stereocenters. The minimum absolute atomic E-state index is 0.657. The van der Waals surface area contributed by atoms with E-state index in [1.165, 1.54) is 0 Å². The topological polar surface area (TPSA) is 78.8 Å². The molecule has 0 fully saturated rings. The summed E-state index contributed by atoms with van der Waals surface area (Å²) in [5.41, 5.74) is 9.38. The number of nitrogens with zero attached hydrogens (tertiary/aromatic N) is 4. The molecular weight excluding hydrogens is 266 g/mol. The van der Waals surface area contributed by atoms with Crippen LogP contribution in [-0.4, -0.2) is 27.3 Å². The summed E-state index contributed by atoms with van der Waals surface area (Å²) in [6.07, 6.45) is 0. The molecule has 0 saturated carbocycles. The summed E-state index contributed by atoms with van der Waals surface area (Å²) in [4.78, 5) is 0. The van der Waals surface area contributed by atoms with Crippen molar-refractivity contribution in [2.45, 2.75) is 6.92 Å². The second-order valence-corrected chi connectivity index (χ2v) is 4.69. The van der Waals surface area contributed by atoms with Crippen LogP contribution in [0.5, 0.6) is 5.75 Å². The molecule has 6 nitrogen and oxygen atoms in total. The SMILES string of the molecule is COc1ccc(-n2nnnc2-c2cc(N)ccc2C)cc1. The van der Waals surface area contributed by atoms with Crippen molar-refractivity contribution in [3.63, 3.8) is 0 Å². The molecule has 1 aromatic heterocycles. The molecule has 1 heterocycles. The molecule has 106 valence electrons. The quantitative estimate of drug-likeness (QED) is 0.745. The largest absolute Gasteiger partial charge is 0.497 e. The van der Waals surface area contributed by atoms with Crippen LogP contribution in [-0.2, 0) is 0 Å². The first-order valence-electron chi connectivity index (χ1n) is 6.48. The average molecular weight is 281 g/mol. The van der Waals surface area contributed by atoms with Gasteiger partial charge in [-0.05, 0) is 59.3 Å². The Morgan fingerprint density at radius 2 is 1.86 bits per heavy atom. The third kappa shape index (κ3) is 2.43. The summed E-state index contributed by atoms with van der Waals surface area (Å²) in [6.45, 7) is 2.00. The van der Waals surface area contributed by atoms with Gasteiger partial charge in [-0.1, -0.05) is 6.07 Å². The fourth-order valence-corrected chi connectivity index (χ4v) is 2.13. The van der Waals surface area contributed by atoms with Gasteiger partial charge in [0.05, 0.1) is 12.8 Å². The first kappa shape index (κ1) is 13.1. The molecule has 0 amide bonds. The molecule has 0 aliphatic rings. The summed E-state index contributed by atoms with van der Waals surface area (Å²) in [7, 11) is 1.63. The highest BCUT2D eigenvalue weighted by Crippen LogP contribution is 2.25. The minimum atomic E-state index is 0.657. The predicted octanol–water partition coefficient (Wildman–Crippen LogP) is 2.23. The maximum absolute atomic E-state index is 5.87. The molecule has 0 atom stereocenters. The molecule has 21 heavy (non-hydrogen) atoms. The lowest BCUT2D eigenvalue weighted by Crippen LogP contribution is -2.01. The minimum Gasteiger partial charge on any atom is -0.497 e. The van der Waals surface area contributed by atoms with Crippen molar-refractivity contribution < 1.29 is 4.74 Å². The Morgan fingerprint density at radius 1 is 1.10 bits per heavy atom. The van der Waals surface area contributed by atoms with Gasteiger partial charge in [0.15, 0.2) is 5.82 Å². The highest BCUT2D eigenvalue weighted by Gasteiger charge is 2.13. The van der Waals surface area contributed by atoms with Crippen molar-refractivity contribution in [3.8, 4) is 22.8 Å². The number of methoxy groups -OCH3 is 1. The van der Waals surface area contributed by atoms with Crippen LogP contribution in [0, 0.1) is 6.92 Å². The summed E-state index contributed by atoms with van der Waals surface area (Å²) < 4.78 is 6.84. The van der Waals surface area contributed by atoms with Crippen molar-refractivity contribution in [1.29, 1.82) is 0 Å². The van der Waals surface area contributed by atoms with Gasteiger partial charge in [0.1, 0.15) is 5.75 Å². The third-order valence-corrected chi connectivity index (χ3v) is 3.29.